The van der Waals surface area contributed by atoms with Crippen molar-refractivity contribution in [1.29, 1.82) is 0 Å². The second-order valence-electron chi connectivity index (χ2n) is 14.7. The Morgan fingerprint density at radius 3 is 1.37 bits per heavy atom. The lowest BCUT2D eigenvalue weighted by Crippen LogP contribution is -2.35. The molecule has 0 aliphatic carbocycles. The van der Waals surface area contributed by atoms with Gasteiger partial charge in [-0.1, -0.05) is 71.9 Å². The Morgan fingerprint density at radius 2 is 0.935 bits per heavy atom. The van der Waals surface area contributed by atoms with Crippen LogP contribution in [0.25, 0.3) is 0 Å². The number of anilines is 3. The van der Waals surface area contributed by atoms with Crippen molar-refractivity contribution in [3.8, 4) is 0 Å². The fourth-order valence-electron chi connectivity index (χ4n) is 7.34. The molecular formula is C41H61FN4. The molecule has 0 N–H and O–H groups in total. The molecule has 3 aliphatic rings. The first kappa shape index (κ1) is 35.8. The fraction of sp³-hybridized carbons (Fsp3) is 0.585. The van der Waals surface area contributed by atoms with Crippen molar-refractivity contribution in [2.24, 2.45) is 35.5 Å². The predicted molar refractivity (Wildman–Crippen MR) is 196 cm³/mol. The van der Waals surface area contributed by atoms with Crippen molar-refractivity contribution in [3.63, 3.8) is 0 Å². The average Bonchev–Trinajstić information content (AvgIpc) is 3.10. The van der Waals surface area contributed by atoms with E-state index in [0.717, 1.165) is 54.3 Å². The predicted octanol–water partition coefficient (Wildman–Crippen LogP) is 10.2. The Labute approximate surface area is 280 Å². The Hall–Kier alpha value is -3.08. The van der Waals surface area contributed by atoms with Crippen LogP contribution in [0.1, 0.15) is 80.1 Å². The SMILES string of the molecule is CC(C)C1CCN(c2ccccc2)CC1.CC(C)C1CCN(c2ccccc2F)CC1.CC(C)C1CCN(c2cccnc2)CC1. The Balaban J connectivity index is 0.000000157. The van der Waals surface area contributed by atoms with Gasteiger partial charge < -0.3 is 14.7 Å². The standard InChI is InChI=1S/C14H20FN.C14H21N.C13H20N2/c1-11(2)12-7-9-16(10-8-12)14-6-4-3-5-13(14)15;1-12(2)13-8-10-15(11-9-13)14-6-4-3-5-7-14;1-11(2)12-5-8-15(9-6-12)13-4-3-7-14-10-13/h3-6,11-12H,7-10H2,1-2H3;3-7,12-13H,8-11H2,1-2H3;3-4,7,10-12H,5-6,8-9H2,1-2H3. The molecule has 0 saturated carbocycles. The van der Waals surface area contributed by atoms with Gasteiger partial charge in [0.15, 0.2) is 0 Å². The molecule has 4 heterocycles. The van der Waals surface area contributed by atoms with Crippen LogP contribution in [0.4, 0.5) is 21.5 Å². The molecule has 0 atom stereocenters. The summed E-state index contributed by atoms with van der Waals surface area (Å²) in [6.45, 7) is 20.8. The van der Waals surface area contributed by atoms with E-state index in [2.05, 4.69) is 97.6 Å². The molecule has 6 rings (SSSR count). The van der Waals surface area contributed by atoms with Gasteiger partial charge in [0.1, 0.15) is 5.82 Å². The molecule has 46 heavy (non-hydrogen) atoms. The summed E-state index contributed by atoms with van der Waals surface area (Å²) in [5, 5.41) is 0. The zero-order valence-electron chi connectivity index (χ0n) is 29.6. The highest BCUT2D eigenvalue weighted by atomic mass is 19.1. The molecule has 0 spiro atoms. The number of aromatic nitrogens is 1. The van der Waals surface area contributed by atoms with Crippen LogP contribution in [0.3, 0.4) is 0 Å². The molecule has 0 unspecified atom stereocenters. The number of halogens is 1. The fourth-order valence-corrected chi connectivity index (χ4v) is 7.34. The van der Waals surface area contributed by atoms with Crippen LogP contribution in [0.5, 0.6) is 0 Å². The van der Waals surface area contributed by atoms with Crippen LogP contribution in [0.2, 0.25) is 0 Å². The molecule has 0 amide bonds. The van der Waals surface area contributed by atoms with Crippen LogP contribution in [0, 0.1) is 41.3 Å². The monoisotopic (exact) mass is 628 g/mol. The van der Waals surface area contributed by atoms with Gasteiger partial charge >= 0.3 is 0 Å². The first-order chi connectivity index (χ1) is 22.2. The summed E-state index contributed by atoms with van der Waals surface area (Å²) in [6, 6.07) is 22.0. The lowest BCUT2D eigenvalue weighted by molar-refractivity contribution is 0.310. The second-order valence-corrected chi connectivity index (χ2v) is 14.7. The maximum absolute atomic E-state index is 13.6. The number of para-hydroxylation sites is 2. The minimum Gasteiger partial charge on any atom is -0.372 e. The lowest BCUT2D eigenvalue weighted by atomic mass is 9.86. The third kappa shape index (κ3) is 10.7. The molecule has 3 fully saturated rings. The molecule has 0 radical (unpaired) electrons. The van der Waals surface area contributed by atoms with Crippen molar-refractivity contribution in [1.82, 2.24) is 4.98 Å². The molecule has 5 heteroatoms. The highest BCUT2D eigenvalue weighted by Crippen LogP contribution is 2.30. The highest BCUT2D eigenvalue weighted by Gasteiger charge is 2.24. The largest absolute Gasteiger partial charge is 0.372 e. The summed E-state index contributed by atoms with van der Waals surface area (Å²) in [6.07, 6.45) is 11.5. The lowest BCUT2D eigenvalue weighted by Gasteiger charge is -2.35. The van der Waals surface area contributed by atoms with Crippen molar-refractivity contribution < 1.29 is 4.39 Å². The van der Waals surface area contributed by atoms with E-state index in [4.69, 9.17) is 0 Å². The van der Waals surface area contributed by atoms with Gasteiger partial charge in [0.25, 0.3) is 0 Å². The topological polar surface area (TPSA) is 22.6 Å². The van der Waals surface area contributed by atoms with Crippen molar-refractivity contribution in [3.05, 3.63) is 84.9 Å². The second kappa shape index (κ2) is 18.3. The van der Waals surface area contributed by atoms with Crippen LogP contribution >= 0.6 is 0 Å². The summed E-state index contributed by atoms with van der Waals surface area (Å²) < 4.78 is 13.6. The Bertz CT molecular complexity index is 1160. The van der Waals surface area contributed by atoms with Gasteiger partial charge in [-0.3, -0.25) is 4.98 Å². The van der Waals surface area contributed by atoms with Gasteiger partial charge in [-0.25, -0.2) is 4.39 Å². The molecule has 1 aromatic heterocycles. The third-order valence-electron chi connectivity index (χ3n) is 10.8. The molecular weight excluding hydrogens is 567 g/mol. The van der Waals surface area contributed by atoms with Crippen LogP contribution in [-0.2, 0) is 0 Å². The number of hydrogen-bond acceptors (Lipinski definition) is 4. The van der Waals surface area contributed by atoms with E-state index in [1.165, 1.54) is 76.1 Å². The number of pyridine rings is 1. The molecule has 0 bridgehead atoms. The Kier molecular flexibility index (Phi) is 14.2. The van der Waals surface area contributed by atoms with Crippen molar-refractivity contribution in [2.45, 2.75) is 80.1 Å². The smallest absolute Gasteiger partial charge is 0.146 e. The number of benzene rings is 2. The van der Waals surface area contributed by atoms with E-state index < -0.39 is 0 Å². The van der Waals surface area contributed by atoms with Crippen LogP contribution in [-0.4, -0.2) is 44.3 Å². The summed E-state index contributed by atoms with van der Waals surface area (Å²) in [5.74, 6) is 5.00. The molecule has 4 nitrogen and oxygen atoms in total. The van der Waals surface area contributed by atoms with E-state index in [-0.39, 0.29) is 5.82 Å². The van der Waals surface area contributed by atoms with Gasteiger partial charge in [0, 0.05) is 51.2 Å². The van der Waals surface area contributed by atoms with E-state index in [0.29, 0.717) is 0 Å². The first-order valence-corrected chi connectivity index (χ1v) is 18.2. The third-order valence-corrected chi connectivity index (χ3v) is 10.8. The van der Waals surface area contributed by atoms with Gasteiger partial charge in [-0.05, 0) is 110 Å². The molecule has 3 saturated heterocycles. The highest BCUT2D eigenvalue weighted by molar-refractivity contribution is 5.48. The molecule has 3 aromatic rings. The molecule has 3 aliphatic heterocycles. The van der Waals surface area contributed by atoms with E-state index in [9.17, 15) is 4.39 Å². The first-order valence-electron chi connectivity index (χ1n) is 18.2. The minimum atomic E-state index is -0.0921. The van der Waals surface area contributed by atoms with Crippen LogP contribution < -0.4 is 14.7 Å². The summed E-state index contributed by atoms with van der Waals surface area (Å²) in [5.41, 5.74) is 3.43. The normalized spacial score (nSPS) is 18.3. The van der Waals surface area contributed by atoms with Gasteiger partial charge in [0.05, 0.1) is 17.6 Å². The quantitative estimate of drug-likeness (QED) is 0.271. The van der Waals surface area contributed by atoms with E-state index in [1.54, 1.807) is 12.1 Å². The summed E-state index contributed by atoms with van der Waals surface area (Å²) >= 11 is 0. The average molecular weight is 629 g/mol. The zero-order chi connectivity index (χ0) is 32.9. The van der Waals surface area contributed by atoms with Gasteiger partial charge in [-0.2, -0.15) is 0 Å². The number of rotatable bonds is 6. The Morgan fingerprint density at radius 1 is 0.522 bits per heavy atom. The molecule has 2 aromatic carbocycles. The van der Waals surface area contributed by atoms with Gasteiger partial charge in [-0.15, -0.1) is 0 Å². The zero-order valence-corrected chi connectivity index (χ0v) is 29.6. The van der Waals surface area contributed by atoms with Crippen molar-refractivity contribution in [2.75, 3.05) is 54.0 Å². The van der Waals surface area contributed by atoms with Crippen molar-refractivity contribution >= 4 is 17.1 Å². The summed E-state index contributed by atoms with van der Waals surface area (Å²) in [4.78, 5) is 11.3. The maximum atomic E-state index is 13.6. The number of nitrogens with zero attached hydrogens (tertiary/aromatic N) is 4. The number of piperidine rings is 3. The van der Waals surface area contributed by atoms with Gasteiger partial charge in [0.2, 0.25) is 0 Å². The van der Waals surface area contributed by atoms with E-state index in [1.807, 2.05) is 30.6 Å². The molecule has 252 valence electrons. The number of hydrogen-bond donors (Lipinski definition) is 0. The minimum absolute atomic E-state index is 0.0921. The maximum Gasteiger partial charge on any atom is 0.146 e. The van der Waals surface area contributed by atoms with E-state index >= 15 is 0 Å². The van der Waals surface area contributed by atoms with Crippen LogP contribution in [0.15, 0.2) is 79.1 Å². The summed E-state index contributed by atoms with van der Waals surface area (Å²) in [7, 11) is 0.